The number of ether oxygens (including phenoxy) is 2. The number of rotatable bonds is 7. The van der Waals surface area contributed by atoms with E-state index in [-0.39, 0.29) is 47.7 Å². The number of hydrogen-bond acceptors (Lipinski definition) is 10. The zero-order chi connectivity index (χ0) is 30.1. The molecule has 6 rings (SSSR count). The first kappa shape index (κ1) is 28.9. The van der Waals surface area contributed by atoms with Crippen LogP contribution in [0.2, 0.25) is 0 Å². The third-order valence-electron chi connectivity index (χ3n) is 7.83. The number of aliphatic hydroxyl groups excluding tert-OH is 1. The molecule has 0 radical (unpaired) electrons. The first-order valence-electron chi connectivity index (χ1n) is 14.1. The van der Waals surface area contributed by atoms with Crippen molar-refractivity contribution in [2.75, 3.05) is 13.2 Å². The van der Waals surface area contributed by atoms with Gasteiger partial charge in [0.05, 0.1) is 18.6 Å². The van der Waals surface area contributed by atoms with Gasteiger partial charge in [-0.15, -0.1) is 0 Å². The fraction of sp³-hybridized carbons (Fsp3) is 0.400. The summed E-state index contributed by atoms with van der Waals surface area (Å²) in [4.78, 5) is 16.2. The van der Waals surface area contributed by atoms with Crippen molar-refractivity contribution in [3.63, 3.8) is 0 Å². The Morgan fingerprint density at radius 1 is 1.05 bits per heavy atom. The van der Waals surface area contributed by atoms with Crippen molar-refractivity contribution < 1.29 is 41.6 Å². The molecule has 2 aliphatic rings. The van der Waals surface area contributed by atoms with Gasteiger partial charge in [-0.2, -0.15) is 18.2 Å². The molecule has 4 aromatic rings. The minimum absolute atomic E-state index is 0.0142. The summed E-state index contributed by atoms with van der Waals surface area (Å²) >= 11 is 0. The highest BCUT2D eigenvalue weighted by molar-refractivity contribution is 5.72. The standard InChI is InChI=1S/C30H29F3N4O6/c1-2-40-29(39)17-8-11-19(12-9-17)34-21-15-41-22-14-18(10-13-20(22)25(21)38)27-35-28(43-37-27)26-23(30(31,32)33)24(36-42-26)16-6-4-3-5-7-16/h3-7,10,13-14,17,19,21,25,34,38H,2,8-9,11-12,15H2,1H3/t17?,19?,21-,25+/m1/s1. The van der Waals surface area contributed by atoms with E-state index in [2.05, 4.69) is 20.6 Å². The first-order valence-corrected chi connectivity index (χ1v) is 14.1. The third kappa shape index (κ3) is 5.87. The Hall–Kier alpha value is -4.23. The van der Waals surface area contributed by atoms with Crippen LogP contribution in [0.3, 0.4) is 0 Å². The van der Waals surface area contributed by atoms with Crippen LogP contribution in [0.1, 0.15) is 49.8 Å². The van der Waals surface area contributed by atoms with Crippen LogP contribution in [0.15, 0.2) is 57.6 Å². The number of hydrogen-bond donors (Lipinski definition) is 2. The van der Waals surface area contributed by atoms with E-state index in [0.29, 0.717) is 23.5 Å². The van der Waals surface area contributed by atoms with Gasteiger partial charge in [0, 0.05) is 22.7 Å². The van der Waals surface area contributed by atoms with E-state index in [4.69, 9.17) is 18.5 Å². The Bertz CT molecular complexity index is 1580. The fourth-order valence-electron chi connectivity index (χ4n) is 5.65. The molecule has 13 heteroatoms. The molecule has 226 valence electrons. The Balaban J connectivity index is 1.17. The van der Waals surface area contributed by atoms with E-state index in [1.54, 1.807) is 43.3 Å². The molecular weight excluding hydrogens is 569 g/mol. The number of nitrogens with zero attached hydrogens (tertiary/aromatic N) is 3. The number of nitrogens with one attached hydrogen (secondary N) is 1. The normalized spacial score (nSPS) is 22.1. The molecule has 3 heterocycles. The highest BCUT2D eigenvalue weighted by atomic mass is 19.4. The lowest BCUT2D eigenvalue weighted by atomic mass is 9.85. The molecule has 1 saturated carbocycles. The maximum atomic E-state index is 14.1. The van der Waals surface area contributed by atoms with Crippen LogP contribution in [0.25, 0.3) is 34.3 Å². The number of carbonyl (C=O) groups excluding carboxylic acids is 1. The predicted octanol–water partition coefficient (Wildman–Crippen LogP) is 5.58. The fourth-order valence-corrected chi connectivity index (χ4v) is 5.65. The van der Waals surface area contributed by atoms with Crippen molar-refractivity contribution in [2.24, 2.45) is 5.92 Å². The molecule has 2 N–H and O–H groups in total. The van der Waals surface area contributed by atoms with Crippen LogP contribution < -0.4 is 10.1 Å². The van der Waals surface area contributed by atoms with Gasteiger partial charge in [0.1, 0.15) is 29.7 Å². The number of alkyl halides is 3. The average Bonchev–Trinajstić information content (AvgIpc) is 3.68. The van der Waals surface area contributed by atoms with Crippen molar-refractivity contribution in [2.45, 2.75) is 57.0 Å². The number of halogens is 3. The van der Waals surface area contributed by atoms with Crippen LogP contribution in [-0.2, 0) is 15.7 Å². The Morgan fingerprint density at radius 3 is 2.53 bits per heavy atom. The Labute approximate surface area is 244 Å². The van der Waals surface area contributed by atoms with E-state index < -0.39 is 29.5 Å². The van der Waals surface area contributed by atoms with Crippen LogP contribution in [-0.4, -0.2) is 51.7 Å². The summed E-state index contributed by atoms with van der Waals surface area (Å²) in [6.07, 6.45) is -2.64. The number of aromatic nitrogens is 3. The second-order valence-electron chi connectivity index (χ2n) is 10.6. The molecule has 2 aromatic carbocycles. The number of aliphatic hydroxyl groups is 1. The van der Waals surface area contributed by atoms with Crippen molar-refractivity contribution in [3.8, 4) is 40.0 Å². The third-order valence-corrected chi connectivity index (χ3v) is 7.83. The zero-order valence-electron chi connectivity index (χ0n) is 23.1. The second kappa shape index (κ2) is 11.8. The molecule has 2 aromatic heterocycles. The minimum Gasteiger partial charge on any atom is -0.491 e. The summed E-state index contributed by atoms with van der Waals surface area (Å²) < 4.78 is 63.5. The molecule has 1 aliphatic carbocycles. The number of carbonyl (C=O) groups is 1. The van der Waals surface area contributed by atoms with Crippen molar-refractivity contribution >= 4 is 5.97 Å². The topological polar surface area (TPSA) is 133 Å². The molecular formula is C30H29F3N4O6. The molecule has 0 bridgehead atoms. The second-order valence-corrected chi connectivity index (χ2v) is 10.6. The van der Waals surface area contributed by atoms with Crippen LogP contribution >= 0.6 is 0 Å². The van der Waals surface area contributed by atoms with E-state index >= 15 is 0 Å². The van der Waals surface area contributed by atoms with E-state index in [1.807, 2.05) is 0 Å². The summed E-state index contributed by atoms with van der Waals surface area (Å²) in [6.45, 7) is 2.36. The average molecular weight is 599 g/mol. The van der Waals surface area contributed by atoms with Gasteiger partial charge in [0.15, 0.2) is 0 Å². The molecule has 1 fully saturated rings. The van der Waals surface area contributed by atoms with Gasteiger partial charge < -0.3 is 28.9 Å². The SMILES string of the molecule is CCOC(=O)C1CCC(N[C@@H]2COc3cc(-c4noc(-c5onc(-c6ccccc6)c5C(F)(F)F)n4)ccc3[C@@H]2O)CC1. The maximum absolute atomic E-state index is 14.1. The van der Waals surface area contributed by atoms with Crippen LogP contribution in [0, 0.1) is 5.92 Å². The van der Waals surface area contributed by atoms with Gasteiger partial charge in [0.25, 0.3) is 5.89 Å². The molecule has 0 amide bonds. The van der Waals surface area contributed by atoms with Crippen LogP contribution in [0.5, 0.6) is 5.75 Å². The molecule has 2 atom stereocenters. The lowest BCUT2D eigenvalue weighted by Gasteiger charge is -2.36. The van der Waals surface area contributed by atoms with Gasteiger partial charge in [-0.1, -0.05) is 52.8 Å². The zero-order valence-corrected chi connectivity index (χ0v) is 23.1. The Morgan fingerprint density at radius 2 is 1.81 bits per heavy atom. The number of benzene rings is 2. The number of fused-ring (bicyclic) bond motifs is 1. The van der Waals surface area contributed by atoms with Crippen molar-refractivity contribution in [3.05, 3.63) is 59.7 Å². The largest absolute Gasteiger partial charge is 0.491 e. The summed E-state index contributed by atoms with van der Waals surface area (Å²) in [5.74, 6) is -0.982. The Kier molecular flexibility index (Phi) is 7.93. The molecule has 1 aliphatic heterocycles. The molecule has 0 unspecified atom stereocenters. The van der Waals surface area contributed by atoms with Crippen molar-refractivity contribution in [1.82, 2.24) is 20.6 Å². The smallest absolute Gasteiger partial charge is 0.422 e. The monoisotopic (exact) mass is 598 g/mol. The maximum Gasteiger partial charge on any atom is 0.422 e. The van der Waals surface area contributed by atoms with E-state index in [1.165, 1.54) is 12.1 Å². The molecule has 0 spiro atoms. The molecule has 0 saturated heterocycles. The van der Waals surface area contributed by atoms with Gasteiger partial charge in [-0.25, -0.2) is 0 Å². The summed E-state index contributed by atoms with van der Waals surface area (Å²) in [5.41, 5.74) is -0.292. The van der Waals surface area contributed by atoms with Gasteiger partial charge in [-0.05, 0) is 38.7 Å². The molecule has 43 heavy (non-hydrogen) atoms. The van der Waals surface area contributed by atoms with Crippen molar-refractivity contribution in [1.29, 1.82) is 0 Å². The van der Waals surface area contributed by atoms with Gasteiger partial charge in [0.2, 0.25) is 11.6 Å². The summed E-state index contributed by atoms with van der Waals surface area (Å²) in [6, 6.07) is 12.5. The van der Waals surface area contributed by atoms with Gasteiger partial charge in [-0.3, -0.25) is 4.79 Å². The molecule has 10 nitrogen and oxygen atoms in total. The van der Waals surface area contributed by atoms with E-state index in [9.17, 15) is 23.1 Å². The van der Waals surface area contributed by atoms with Crippen LogP contribution in [0.4, 0.5) is 13.2 Å². The minimum atomic E-state index is -4.80. The highest BCUT2D eigenvalue weighted by Gasteiger charge is 2.43. The predicted molar refractivity (Wildman–Crippen MR) is 145 cm³/mol. The quantitative estimate of drug-likeness (QED) is 0.260. The lowest BCUT2D eigenvalue weighted by molar-refractivity contribution is -0.149. The van der Waals surface area contributed by atoms with E-state index in [0.717, 1.165) is 25.7 Å². The lowest BCUT2D eigenvalue weighted by Crippen LogP contribution is -2.48. The first-order chi connectivity index (χ1) is 20.7. The summed E-state index contributed by atoms with van der Waals surface area (Å²) in [7, 11) is 0. The highest BCUT2D eigenvalue weighted by Crippen LogP contribution is 2.43. The van der Waals surface area contributed by atoms with Gasteiger partial charge >= 0.3 is 12.1 Å². The number of esters is 1. The summed E-state index contributed by atoms with van der Waals surface area (Å²) in [5, 5.41) is 22.1.